The van der Waals surface area contributed by atoms with E-state index in [0.29, 0.717) is 11.4 Å². The summed E-state index contributed by atoms with van der Waals surface area (Å²) < 4.78 is 33.0. The first-order valence-corrected chi connectivity index (χ1v) is 7.92. The standard InChI is InChI=1S/C13H13BrN2O3S/c1-19-12-8-10(15)5-6-13(12)20(17,18)16-11-4-2-3-9(14)7-11/h2-8,16H,15H2,1H3. The van der Waals surface area contributed by atoms with Crippen LogP contribution >= 0.6 is 15.9 Å². The Bertz CT molecular complexity index is 732. The summed E-state index contributed by atoms with van der Waals surface area (Å²) >= 11 is 3.29. The van der Waals surface area contributed by atoms with Gasteiger partial charge in [-0.05, 0) is 30.3 Å². The zero-order chi connectivity index (χ0) is 14.8. The van der Waals surface area contributed by atoms with Crippen LogP contribution < -0.4 is 15.2 Å². The third-order valence-corrected chi connectivity index (χ3v) is 4.47. The monoisotopic (exact) mass is 356 g/mol. The molecule has 2 aromatic carbocycles. The Hall–Kier alpha value is -1.73. The molecule has 0 fully saturated rings. The Morgan fingerprint density at radius 1 is 1.20 bits per heavy atom. The van der Waals surface area contributed by atoms with Gasteiger partial charge < -0.3 is 10.5 Å². The Balaban J connectivity index is 2.40. The van der Waals surface area contributed by atoms with Gasteiger partial charge in [0.05, 0.1) is 7.11 Å². The minimum atomic E-state index is -3.74. The largest absolute Gasteiger partial charge is 0.495 e. The molecular weight excluding hydrogens is 344 g/mol. The minimum Gasteiger partial charge on any atom is -0.495 e. The molecule has 0 aliphatic rings. The van der Waals surface area contributed by atoms with Crippen LogP contribution in [0.15, 0.2) is 51.8 Å². The van der Waals surface area contributed by atoms with Crippen LogP contribution in [-0.2, 0) is 10.0 Å². The number of nitrogens with one attached hydrogen (secondary N) is 1. The molecule has 0 aliphatic carbocycles. The van der Waals surface area contributed by atoms with E-state index in [1.165, 1.54) is 25.3 Å². The maximum absolute atomic E-state index is 12.4. The zero-order valence-corrected chi connectivity index (χ0v) is 13.0. The van der Waals surface area contributed by atoms with E-state index >= 15 is 0 Å². The van der Waals surface area contributed by atoms with Gasteiger partial charge in [-0.2, -0.15) is 0 Å². The van der Waals surface area contributed by atoms with Crippen molar-refractivity contribution in [2.75, 3.05) is 17.6 Å². The van der Waals surface area contributed by atoms with Crippen LogP contribution in [0.25, 0.3) is 0 Å². The van der Waals surface area contributed by atoms with Gasteiger partial charge in [0.2, 0.25) is 0 Å². The van der Waals surface area contributed by atoms with E-state index in [1.54, 1.807) is 18.2 Å². The fourth-order valence-corrected chi connectivity index (χ4v) is 3.27. The van der Waals surface area contributed by atoms with Crippen molar-refractivity contribution >= 4 is 37.3 Å². The van der Waals surface area contributed by atoms with Crippen LogP contribution in [0.3, 0.4) is 0 Å². The second-order valence-corrected chi connectivity index (χ2v) is 6.59. The first-order valence-electron chi connectivity index (χ1n) is 5.64. The highest BCUT2D eigenvalue weighted by molar-refractivity contribution is 9.10. The lowest BCUT2D eigenvalue weighted by Crippen LogP contribution is -2.14. The molecule has 2 aromatic rings. The molecule has 0 saturated heterocycles. The summed E-state index contributed by atoms with van der Waals surface area (Å²) in [7, 11) is -2.35. The zero-order valence-electron chi connectivity index (χ0n) is 10.6. The Labute approximate surface area is 125 Å². The molecule has 5 nitrogen and oxygen atoms in total. The summed E-state index contributed by atoms with van der Waals surface area (Å²) in [6.07, 6.45) is 0. The third kappa shape index (κ3) is 3.23. The van der Waals surface area contributed by atoms with E-state index in [4.69, 9.17) is 10.5 Å². The van der Waals surface area contributed by atoms with Crippen LogP contribution in [0, 0.1) is 0 Å². The molecule has 0 heterocycles. The number of nitrogens with two attached hydrogens (primary N) is 1. The maximum Gasteiger partial charge on any atom is 0.265 e. The van der Waals surface area contributed by atoms with Gasteiger partial charge in [-0.1, -0.05) is 22.0 Å². The summed E-state index contributed by atoms with van der Waals surface area (Å²) in [5.41, 5.74) is 6.51. The highest BCUT2D eigenvalue weighted by atomic mass is 79.9. The molecule has 2 rings (SSSR count). The molecule has 0 saturated carbocycles. The van der Waals surface area contributed by atoms with E-state index in [9.17, 15) is 8.42 Å². The highest BCUT2D eigenvalue weighted by Gasteiger charge is 2.19. The van der Waals surface area contributed by atoms with Crippen molar-refractivity contribution in [3.8, 4) is 5.75 Å². The van der Waals surface area contributed by atoms with Crippen molar-refractivity contribution < 1.29 is 13.2 Å². The normalized spacial score (nSPS) is 11.1. The van der Waals surface area contributed by atoms with Crippen molar-refractivity contribution in [3.63, 3.8) is 0 Å². The van der Waals surface area contributed by atoms with E-state index in [2.05, 4.69) is 20.7 Å². The highest BCUT2D eigenvalue weighted by Crippen LogP contribution is 2.28. The lowest BCUT2D eigenvalue weighted by atomic mass is 10.3. The van der Waals surface area contributed by atoms with Crippen molar-refractivity contribution in [1.82, 2.24) is 0 Å². The quantitative estimate of drug-likeness (QED) is 0.825. The molecular formula is C13H13BrN2O3S. The number of halogens is 1. The second-order valence-electron chi connectivity index (χ2n) is 4.03. The summed E-state index contributed by atoms with van der Waals surface area (Å²) in [4.78, 5) is 0.0363. The average molecular weight is 357 g/mol. The van der Waals surface area contributed by atoms with Crippen LogP contribution in [0.5, 0.6) is 5.75 Å². The lowest BCUT2D eigenvalue weighted by molar-refractivity contribution is 0.403. The third-order valence-electron chi connectivity index (χ3n) is 2.55. The number of hydrogen-bond acceptors (Lipinski definition) is 4. The SMILES string of the molecule is COc1cc(N)ccc1S(=O)(=O)Nc1cccc(Br)c1. The van der Waals surface area contributed by atoms with Crippen LogP contribution in [0.4, 0.5) is 11.4 Å². The molecule has 0 spiro atoms. The first-order chi connectivity index (χ1) is 9.42. The Morgan fingerprint density at radius 3 is 2.60 bits per heavy atom. The van der Waals surface area contributed by atoms with Crippen molar-refractivity contribution in [1.29, 1.82) is 0 Å². The summed E-state index contributed by atoms with van der Waals surface area (Å²) in [5, 5.41) is 0. The van der Waals surface area contributed by atoms with Crippen LogP contribution in [0.2, 0.25) is 0 Å². The number of ether oxygens (including phenoxy) is 1. The fourth-order valence-electron chi connectivity index (χ4n) is 1.67. The lowest BCUT2D eigenvalue weighted by Gasteiger charge is -2.12. The molecule has 0 atom stereocenters. The molecule has 106 valence electrons. The van der Waals surface area contributed by atoms with E-state index in [-0.39, 0.29) is 10.6 Å². The second kappa shape index (κ2) is 5.72. The van der Waals surface area contributed by atoms with Gasteiger partial charge in [0, 0.05) is 21.9 Å². The number of hydrogen-bond donors (Lipinski definition) is 2. The summed E-state index contributed by atoms with van der Waals surface area (Å²) in [5.74, 6) is 0.201. The predicted octanol–water partition coefficient (Wildman–Crippen LogP) is 2.84. The molecule has 0 bridgehead atoms. The van der Waals surface area contributed by atoms with Crippen molar-refractivity contribution in [2.45, 2.75) is 4.90 Å². The van der Waals surface area contributed by atoms with E-state index in [1.807, 2.05) is 6.07 Å². The molecule has 20 heavy (non-hydrogen) atoms. The first kappa shape index (κ1) is 14.7. The van der Waals surface area contributed by atoms with Crippen LogP contribution in [-0.4, -0.2) is 15.5 Å². The fraction of sp³-hybridized carbons (Fsp3) is 0.0769. The molecule has 0 aliphatic heterocycles. The number of anilines is 2. The average Bonchev–Trinajstić information content (AvgIpc) is 2.37. The smallest absolute Gasteiger partial charge is 0.265 e. The Kier molecular flexibility index (Phi) is 4.20. The molecule has 0 aromatic heterocycles. The van der Waals surface area contributed by atoms with Gasteiger partial charge >= 0.3 is 0 Å². The van der Waals surface area contributed by atoms with Crippen LogP contribution in [0.1, 0.15) is 0 Å². The minimum absolute atomic E-state index is 0.0363. The molecule has 7 heteroatoms. The predicted molar refractivity (Wildman–Crippen MR) is 82.4 cm³/mol. The topological polar surface area (TPSA) is 81.4 Å². The van der Waals surface area contributed by atoms with Gasteiger partial charge in [0.15, 0.2) is 0 Å². The van der Waals surface area contributed by atoms with Gasteiger partial charge in [0.25, 0.3) is 10.0 Å². The number of benzene rings is 2. The number of methoxy groups -OCH3 is 1. The van der Waals surface area contributed by atoms with Gasteiger partial charge in [-0.15, -0.1) is 0 Å². The molecule has 3 N–H and O–H groups in total. The summed E-state index contributed by atoms with van der Waals surface area (Å²) in [6, 6.07) is 11.3. The van der Waals surface area contributed by atoms with Crippen molar-refractivity contribution in [3.05, 3.63) is 46.9 Å². The Morgan fingerprint density at radius 2 is 1.95 bits per heavy atom. The molecule has 0 amide bonds. The van der Waals surface area contributed by atoms with Gasteiger partial charge in [0.1, 0.15) is 10.6 Å². The van der Waals surface area contributed by atoms with Gasteiger partial charge in [-0.25, -0.2) is 8.42 Å². The molecule has 0 radical (unpaired) electrons. The molecule has 0 unspecified atom stereocenters. The number of nitrogen functional groups attached to an aromatic ring is 1. The number of rotatable bonds is 4. The van der Waals surface area contributed by atoms with E-state index < -0.39 is 10.0 Å². The van der Waals surface area contributed by atoms with E-state index in [0.717, 1.165) is 4.47 Å². The summed E-state index contributed by atoms with van der Waals surface area (Å²) in [6.45, 7) is 0. The maximum atomic E-state index is 12.4. The van der Waals surface area contributed by atoms with Gasteiger partial charge in [-0.3, -0.25) is 4.72 Å². The van der Waals surface area contributed by atoms with Crippen molar-refractivity contribution in [2.24, 2.45) is 0 Å². The number of sulfonamides is 1.